The molecule has 0 aliphatic carbocycles. The molecule has 19 heavy (non-hydrogen) atoms. The van der Waals surface area contributed by atoms with Gasteiger partial charge in [0.15, 0.2) is 0 Å². The first-order chi connectivity index (χ1) is 9.04. The molecular formula is C14H25NO4. The number of rotatable bonds is 7. The minimum Gasteiger partial charge on any atom is -0.481 e. The minimum atomic E-state index is -0.923. The first kappa shape index (κ1) is 16.0. The molecule has 0 bridgehead atoms. The zero-order valence-electron chi connectivity index (χ0n) is 11.9. The van der Waals surface area contributed by atoms with Crippen LogP contribution in [0.15, 0.2) is 0 Å². The number of amides is 1. The summed E-state index contributed by atoms with van der Waals surface area (Å²) in [5.41, 5.74) is -0.923. The molecule has 1 atom stereocenters. The third-order valence-electron chi connectivity index (χ3n) is 4.15. The van der Waals surface area contributed by atoms with Crippen LogP contribution in [0.5, 0.6) is 0 Å². The van der Waals surface area contributed by atoms with Gasteiger partial charge in [-0.15, -0.1) is 0 Å². The van der Waals surface area contributed by atoms with Crippen LogP contribution in [-0.4, -0.2) is 36.7 Å². The molecule has 110 valence electrons. The van der Waals surface area contributed by atoms with Gasteiger partial charge >= 0.3 is 5.97 Å². The Morgan fingerprint density at radius 3 is 2.53 bits per heavy atom. The zero-order valence-corrected chi connectivity index (χ0v) is 11.9. The van der Waals surface area contributed by atoms with E-state index in [1.807, 2.05) is 13.8 Å². The van der Waals surface area contributed by atoms with E-state index in [-0.39, 0.29) is 12.3 Å². The van der Waals surface area contributed by atoms with Gasteiger partial charge in [0.2, 0.25) is 5.91 Å². The molecule has 0 aromatic heterocycles. The van der Waals surface area contributed by atoms with Gasteiger partial charge in [-0.3, -0.25) is 9.59 Å². The fourth-order valence-electron chi connectivity index (χ4n) is 2.47. The van der Waals surface area contributed by atoms with Gasteiger partial charge in [-0.2, -0.15) is 0 Å². The fourth-order valence-corrected chi connectivity index (χ4v) is 2.47. The molecule has 1 aliphatic rings. The lowest BCUT2D eigenvalue weighted by Gasteiger charge is -2.27. The van der Waals surface area contributed by atoms with Gasteiger partial charge in [-0.25, -0.2) is 0 Å². The van der Waals surface area contributed by atoms with Crippen LogP contribution in [0.3, 0.4) is 0 Å². The zero-order chi connectivity index (χ0) is 14.3. The lowest BCUT2D eigenvalue weighted by molar-refractivity contribution is -0.152. The SMILES string of the molecule is CCC(CC)(CC(=O)NCC1CCCOC1)C(=O)O. The van der Waals surface area contributed by atoms with E-state index in [1.165, 1.54) is 0 Å². The van der Waals surface area contributed by atoms with Crippen molar-refractivity contribution in [3.8, 4) is 0 Å². The predicted molar refractivity (Wildman–Crippen MR) is 71.8 cm³/mol. The van der Waals surface area contributed by atoms with Gasteiger partial charge in [-0.1, -0.05) is 13.8 Å². The van der Waals surface area contributed by atoms with Crippen LogP contribution in [0.25, 0.3) is 0 Å². The van der Waals surface area contributed by atoms with Crippen LogP contribution < -0.4 is 5.32 Å². The summed E-state index contributed by atoms with van der Waals surface area (Å²) < 4.78 is 5.35. The third kappa shape index (κ3) is 4.49. The van der Waals surface area contributed by atoms with Crippen molar-refractivity contribution in [2.75, 3.05) is 19.8 Å². The maximum atomic E-state index is 11.9. The van der Waals surface area contributed by atoms with E-state index >= 15 is 0 Å². The van der Waals surface area contributed by atoms with Crippen LogP contribution in [0, 0.1) is 11.3 Å². The summed E-state index contributed by atoms with van der Waals surface area (Å²) in [7, 11) is 0. The Balaban J connectivity index is 2.42. The highest BCUT2D eigenvalue weighted by Gasteiger charge is 2.37. The van der Waals surface area contributed by atoms with Crippen molar-refractivity contribution in [2.45, 2.75) is 46.0 Å². The van der Waals surface area contributed by atoms with Crippen molar-refractivity contribution in [1.29, 1.82) is 0 Å². The van der Waals surface area contributed by atoms with Crippen molar-refractivity contribution in [3.63, 3.8) is 0 Å². The number of carboxylic acids is 1. The molecule has 1 unspecified atom stereocenters. The Bertz CT molecular complexity index is 307. The molecule has 1 saturated heterocycles. The van der Waals surface area contributed by atoms with Gasteiger partial charge in [-0.05, 0) is 31.6 Å². The van der Waals surface area contributed by atoms with Crippen LogP contribution in [0.1, 0.15) is 46.0 Å². The quantitative estimate of drug-likeness (QED) is 0.740. The number of carbonyl (C=O) groups is 2. The number of hydrogen-bond donors (Lipinski definition) is 2. The monoisotopic (exact) mass is 271 g/mol. The van der Waals surface area contributed by atoms with Gasteiger partial charge in [0.05, 0.1) is 12.0 Å². The van der Waals surface area contributed by atoms with Crippen molar-refractivity contribution >= 4 is 11.9 Å². The average molecular weight is 271 g/mol. The maximum absolute atomic E-state index is 11.9. The van der Waals surface area contributed by atoms with Gasteiger partial charge in [0.1, 0.15) is 0 Å². The fraction of sp³-hybridized carbons (Fsp3) is 0.857. The number of carbonyl (C=O) groups excluding carboxylic acids is 1. The number of aliphatic carboxylic acids is 1. The van der Waals surface area contributed by atoms with Crippen LogP contribution in [-0.2, 0) is 14.3 Å². The molecule has 5 heteroatoms. The molecule has 0 spiro atoms. The normalized spacial score (nSPS) is 20.0. The second-order valence-electron chi connectivity index (χ2n) is 5.36. The first-order valence-electron chi connectivity index (χ1n) is 7.12. The lowest BCUT2D eigenvalue weighted by Crippen LogP contribution is -2.39. The van der Waals surface area contributed by atoms with Crippen LogP contribution in [0.2, 0.25) is 0 Å². The number of hydrogen-bond acceptors (Lipinski definition) is 3. The Morgan fingerprint density at radius 1 is 1.37 bits per heavy atom. The molecule has 1 heterocycles. The molecule has 1 aliphatic heterocycles. The molecule has 1 rings (SSSR count). The Morgan fingerprint density at radius 2 is 2.05 bits per heavy atom. The molecule has 0 aromatic carbocycles. The number of ether oxygens (including phenoxy) is 1. The van der Waals surface area contributed by atoms with E-state index in [4.69, 9.17) is 4.74 Å². The standard InChI is InChI=1S/C14H25NO4/c1-3-14(4-2,13(17)18)8-12(16)15-9-11-6-5-7-19-10-11/h11H,3-10H2,1-2H3,(H,15,16)(H,17,18). The first-order valence-corrected chi connectivity index (χ1v) is 7.12. The van der Waals surface area contributed by atoms with Crippen molar-refractivity contribution in [2.24, 2.45) is 11.3 Å². The largest absolute Gasteiger partial charge is 0.481 e. The summed E-state index contributed by atoms with van der Waals surface area (Å²) in [6.07, 6.45) is 3.09. The highest BCUT2D eigenvalue weighted by atomic mass is 16.5. The Hall–Kier alpha value is -1.10. The second-order valence-corrected chi connectivity index (χ2v) is 5.36. The van der Waals surface area contributed by atoms with Crippen LogP contribution >= 0.6 is 0 Å². The highest BCUT2D eigenvalue weighted by Crippen LogP contribution is 2.30. The van der Waals surface area contributed by atoms with E-state index in [0.717, 1.165) is 19.4 Å². The number of carboxylic acid groups (broad SMARTS) is 1. The summed E-state index contributed by atoms with van der Waals surface area (Å²) in [5.74, 6) is -0.689. The van der Waals surface area contributed by atoms with E-state index in [2.05, 4.69) is 5.32 Å². The van der Waals surface area contributed by atoms with Crippen molar-refractivity contribution in [1.82, 2.24) is 5.32 Å². The molecule has 5 nitrogen and oxygen atoms in total. The van der Waals surface area contributed by atoms with Gasteiger partial charge < -0.3 is 15.2 Å². The predicted octanol–water partition coefficient (Wildman–Crippen LogP) is 1.81. The van der Waals surface area contributed by atoms with Gasteiger partial charge in [0, 0.05) is 19.6 Å². The summed E-state index contributed by atoms with van der Waals surface area (Å²) in [4.78, 5) is 23.2. The summed E-state index contributed by atoms with van der Waals surface area (Å²) in [6, 6.07) is 0. The van der Waals surface area contributed by atoms with E-state index < -0.39 is 11.4 Å². The van der Waals surface area contributed by atoms with E-state index in [9.17, 15) is 14.7 Å². The Labute approximate surface area is 114 Å². The number of nitrogens with one attached hydrogen (secondary N) is 1. The smallest absolute Gasteiger partial charge is 0.310 e. The molecule has 1 amide bonds. The van der Waals surface area contributed by atoms with Crippen molar-refractivity contribution < 1.29 is 19.4 Å². The summed E-state index contributed by atoms with van der Waals surface area (Å²) in [6.45, 7) is 5.71. The maximum Gasteiger partial charge on any atom is 0.310 e. The summed E-state index contributed by atoms with van der Waals surface area (Å²) >= 11 is 0. The second kappa shape index (κ2) is 7.48. The molecule has 2 N–H and O–H groups in total. The Kier molecular flexibility index (Phi) is 6.28. The average Bonchev–Trinajstić information content (AvgIpc) is 2.43. The molecule has 0 saturated carbocycles. The highest BCUT2D eigenvalue weighted by molar-refractivity contribution is 5.84. The topological polar surface area (TPSA) is 75.6 Å². The lowest BCUT2D eigenvalue weighted by atomic mass is 9.79. The molecule has 1 fully saturated rings. The minimum absolute atomic E-state index is 0.0584. The molecule has 0 radical (unpaired) electrons. The third-order valence-corrected chi connectivity index (χ3v) is 4.15. The molecule has 0 aromatic rings. The van der Waals surface area contributed by atoms with E-state index in [1.54, 1.807) is 0 Å². The van der Waals surface area contributed by atoms with Crippen molar-refractivity contribution in [3.05, 3.63) is 0 Å². The van der Waals surface area contributed by atoms with Gasteiger partial charge in [0.25, 0.3) is 0 Å². The van der Waals surface area contributed by atoms with E-state index in [0.29, 0.717) is 31.9 Å². The van der Waals surface area contributed by atoms with Crippen LogP contribution in [0.4, 0.5) is 0 Å². The summed E-state index contributed by atoms with van der Waals surface area (Å²) in [5, 5.41) is 12.1. The molecular weight excluding hydrogens is 246 g/mol.